The van der Waals surface area contributed by atoms with E-state index < -0.39 is 0 Å². The molecule has 2 aromatic rings. The smallest absolute Gasteiger partial charge is 0.150 e. The molecule has 2 aromatic heterocycles. The van der Waals surface area contributed by atoms with Crippen molar-refractivity contribution in [2.24, 2.45) is 0 Å². The lowest BCUT2D eigenvalue weighted by Crippen LogP contribution is -2.37. The maximum atomic E-state index is 5.20. The second kappa shape index (κ2) is 5.13. The fourth-order valence-electron chi connectivity index (χ4n) is 2.42. The van der Waals surface area contributed by atoms with Crippen LogP contribution in [0.15, 0.2) is 10.6 Å². The summed E-state index contributed by atoms with van der Waals surface area (Å²) in [6.07, 6.45) is 2.98. The molecule has 0 aromatic carbocycles. The molecular weight excluding hydrogens is 242 g/mol. The topological polar surface area (TPSA) is 68.8 Å². The van der Waals surface area contributed by atoms with Gasteiger partial charge in [0.25, 0.3) is 0 Å². The number of hydrogen-bond donors (Lipinski definition) is 1. The first-order valence-electron chi connectivity index (χ1n) is 6.82. The molecule has 3 heterocycles. The van der Waals surface area contributed by atoms with E-state index in [-0.39, 0.29) is 0 Å². The van der Waals surface area contributed by atoms with Crippen molar-refractivity contribution in [3.8, 4) is 0 Å². The Morgan fingerprint density at radius 2 is 2.42 bits per heavy atom. The molecule has 0 saturated carbocycles. The highest BCUT2D eigenvalue weighted by atomic mass is 16.5. The fourth-order valence-corrected chi connectivity index (χ4v) is 2.42. The van der Waals surface area contributed by atoms with Crippen LogP contribution in [-0.2, 0) is 25.9 Å². The van der Waals surface area contributed by atoms with Gasteiger partial charge in [-0.05, 0) is 13.3 Å². The molecule has 0 unspecified atom stereocenters. The Kier molecular flexibility index (Phi) is 3.33. The summed E-state index contributed by atoms with van der Waals surface area (Å²) in [5.41, 5.74) is 0.923. The second-order valence-electron chi connectivity index (χ2n) is 5.03. The molecule has 0 radical (unpaired) electrons. The molecule has 0 spiro atoms. The van der Waals surface area contributed by atoms with Crippen LogP contribution in [-0.4, -0.2) is 26.0 Å². The number of rotatable bonds is 4. The first kappa shape index (κ1) is 12.3. The summed E-state index contributed by atoms with van der Waals surface area (Å²) in [4.78, 5) is 4.52. The van der Waals surface area contributed by atoms with Crippen LogP contribution in [0.25, 0.3) is 0 Å². The summed E-state index contributed by atoms with van der Waals surface area (Å²) in [7, 11) is 0. The van der Waals surface area contributed by atoms with Gasteiger partial charge < -0.3 is 9.84 Å². The zero-order valence-electron chi connectivity index (χ0n) is 11.4. The van der Waals surface area contributed by atoms with E-state index in [4.69, 9.17) is 4.52 Å². The standard InChI is InChI=1S/C13H19N5O/c1-3-12-15-13-5-4-10(8-18(13)16-12)14-7-11-6-9(2)17-19-11/h6,10,14H,3-5,7-8H2,1-2H3/t10-/m1/s1. The first-order chi connectivity index (χ1) is 9.24. The van der Waals surface area contributed by atoms with Gasteiger partial charge in [-0.3, -0.25) is 0 Å². The predicted octanol–water partition coefficient (Wildman–Crippen LogP) is 1.24. The highest BCUT2D eigenvalue weighted by molar-refractivity contribution is 5.03. The number of nitrogens with zero attached hydrogens (tertiary/aromatic N) is 4. The van der Waals surface area contributed by atoms with Gasteiger partial charge in [0.15, 0.2) is 11.6 Å². The van der Waals surface area contributed by atoms with Gasteiger partial charge in [0.05, 0.1) is 18.8 Å². The highest BCUT2D eigenvalue weighted by Gasteiger charge is 2.21. The number of aryl methyl sites for hydroxylation is 3. The van der Waals surface area contributed by atoms with Crippen LogP contribution in [0.3, 0.4) is 0 Å². The average Bonchev–Trinajstić information content (AvgIpc) is 3.01. The molecule has 0 saturated heterocycles. The van der Waals surface area contributed by atoms with Crippen LogP contribution < -0.4 is 5.32 Å². The molecule has 3 rings (SSSR count). The average molecular weight is 261 g/mol. The summed E-state index contributed by atoms with van der Waals surface area (Å²) in [5, 5.41) is 11.9. The molecule has 1 N–H and O–H groups in total. The molecule has 6 nitrogen and oxygen atoms in total. The molecule has 0 bridgehead atoms. The van der Waals surface area contributed by atoms with E-state index in [1.807, 2.05) is 17.7 Å². The van der Waals surface area contributed by atoms with E-state index in [1.54, 1.807) is 0 Å². The van der Waals surface area contributed by atoms with Gasteiger partial charge in [-0.25, -0.2) is 9.67 Å². The molecular formula is C13H19N5O. The number of fused-ring (bicyclic) bond motifs is 1. The third kappa shape index (κ3) is 2.68. The lowest BCUT2D eigenvalue weighted by atomic mass is 10.1. The number of nitrogens with one attached hydrogen (secondary N) is 1. The lowest BCUT2D eigenvalue weighted by Gasteiger charge is -2.23. The van der Waals surface area contributed by atoms with Crippen molar-refractivity contribution in [3.05, 3.63) is 29.2 Å². The van der Waals surface area contributed by atoms with Crippen LogP contribution in [0.4, 0.5) is 0 Å². The van der Waals surface area contributed by atoms with Crippen molar-refractivity contribution in [2.75, 3.05) is 0 Å². The van der Waals surface area contributed by atoms with Crippen molar-refractivity contribution in [3.63, 3.8) is 0 Å². The summed E-state index contributed by atoms with van der Waals surface area (Å²) >= 11 is 0. The van der Waals surface area contributed by atoms with Gasteiger partial charge in [-0.15, -0.1) is 0 Å². The molecule has 0 fully saturated rings. The van der Waals surface area contributed by atoms with Gasteiger partial charge in [0.1, 0.15) is 5.82 Å². The third-order valence-electron chi connectivity index (χ3n) is 3.46. The van der Waals surface area contributed by atoms with Gasteiger partial charge in [0.2, 0.25) is 0 Å². The van der Waals surface area contributed by atoms with E-state index >= 15 is 0 Å². The van der Waals surface area contributed by atoms with Gasteiger partial charge in [0, 0.05) is 24.9 Å². The molecule has 19 heavy (non-hydrogen) atoms. The Labute approximate surface area is 112 Å². The molecule has 1 aliphatic heterocycles. The third-order valence-corrected chi connectivity index (χ3v) is 3.46. The van der Waals surface area contributed by atoms with Crippen molar-refractivity contribution in [1.82, 2.24) is 25.2 Å². The van der Waals surface area contributed by atoms with E-state index in [0.717, 1.165) is 55.5 Å². The SMILES string of the molecule is CCc1nc2n(n1)C[C@H](NCc1cc(C)no1)CC2. The van der Waals surface area contributed by atoms with Crippen molar-refractivity contribution >= 4 is 0 Å². The van der Waals surface area contributed by atoms with Crippen molar-refractivity contribution in [1.29, 1.82) is 0 Å². The monoisotopic (exact) mass is 261 g/mol. The molecule has 1 atom stereocenters. The van der Waals surface area contributed by atoms with Crippen molar-refractivity contribution < 1.29 is 4.52 Å². The summed E-state index contributed by atoms with van der Waals surface area (Å²) in [5.74, 6) is 2.95. The molecule has 6 heteroatoms. The Balaban J connectivity index is 1.59. The summed E-state index contributed by atoms with van der Waals surface area (Å²) < 4.78 is 7.23. The summed E-state index contributed by atoms with van der Waals surface area (Å²) in [6.45, 7) is 5.62. The Morgan fingerprint density at radius 3 is 3.16 bits per heavy atom. The lowest BCUT2D eigenvalue weighted by molar-refractivity contribution is 0.323. The maximum absolute atomic E-state index is 5.20. The Morgan fingerprint density at radius 1 is 1.53 bits per heavy atom. The number of aromatic nitrogens is 4. The van der Waals surface area contributed by atoms with Crippen LogP contribution in [0.1, 0.15) is 36.4 Å². The number of hydrogen-bond acceptors (Lipinski definition) is 5. The van der Waals surface area contributed by atoms with Gasteiger partial charge >= 0.3 is 0 Å². The van der Waals surface area contributed by atoms with Gasteiger partial charge in [-0.1, -0.05) is 12.1 Å². The minimum absolute atomic E-state index is 0.421. The normalized spacial score (nSPS) is 18.5. The molecule has 102 valence electrons. The minimum Gasteiger partial charge on any atom is -0.360 e. The minimum atomic E-state index is 0.421. The quantitative estimate of drug-likeness (QED) is 0.896. The molecule has 0 amide bonds. The van der Waals surface area contributed by atoms with Crippen LogP contribution in [0, 0.1) is 6.92 Å². The second-order valence-corrected chi connectivity index (χ2v) is 5.03. The van der Waals surface area contributed by atoms with Crippen LogP contribution in [0.2, 0.25) is 0 Å². The van der Waals surface area contributed by atoms with Crippen molar-refractivity contribution in [2.45, 2.75) is 52.2 Å². The molecule has 1 aliphatic rings. The van der Waals surface area contributed by atoms with Gasteiger partial charge in [-0.2, -0.15) is 5.10 Å². The predicted molar refractivity (Wildman–Crippen MR) is 69.6 cm³/mol. The van der Waals surface area contributed by atoms with E-state index in [0.29, 0.717) is 6.04 Å². The largest absolute Gasteiger partial charge is 0.360 e. The zero-order chi connectivity index (χ0) is 13.2. The Hall–Kier alpha value is -1.69. The first-order valence-corrected chi connectivity index (χ1v) is 6.82. The molecule has 0 aliphatic carbocycles. The van der Waals surface area contributed by atoms with E-state index in [9.17, 15) is 0 Å². The zero-order valence-corrected chi connectivity index (χ0v) is 11.4. The van der Waals surface area contributed by atoms with E-state index in [1.165, 1.54) is 0 Å². The van der Waals surface area contributed by atoms with Crippen LogP contribution >= 0.6 is 0 Å². The maximum Gasteiger partial charge on any atom is 0.150 e. The van der Waals surface area contributed by atoms with Crippen LogP contribution in [0.5, 0.6) is 0 Å². The highest BCUT2D eigenvalue weighted by Crippen LogP contribution is 2.14. The fraction of sp³-hybridized carbons (Fsp3) is 0.615. The Bertz CT molecular complexity index is 559. The van der Waals surface area contributed by atoms with E-state index in [2.05, 4.69) is 27.5 Å². The summed E-state index contributed by atoms with van der Waals surface area (Å²) in [6, 6.07) is 2.38.